The maximum Gasteiger partial charge on any atom is 0.121 e. The van der Waals surface area contributed by atoms with Gasteiger partial charge in [-0.25, -0.2) is 0 Å². The molecule has 0 radical (unpaired) electrons. The van der Waals surface area contributed by atoms with Gasteiger partial charge in [0.2, 0.25) is 0 Å². The van der Waals surface area contributed by atoms with E-state index in [1.807, 2.05) is 0 Å². The number of quaternary nitrogens is 1. The minimum Gasteiger partial charge on any atom is -0.507 e. The molecule has 0 aromatic heterocycles. The van der Waals surface area contributed by atoms with Crippen LogP contribution in [0, 0.1) is 0 Å². The first-order valence-electron chi connectivity index (χ1n) is 6.80. The van der Waals surface area contributed by atoms with Crippen molar-refractivity contribution in [1.29, 1.82) is 0 Å². The summed E-state index contributed by atoms with van der Waals surface area (Å²) in [5, 5.41) is 9.13. The predicted molar refractivity (Wildman–Crippen MR) is 89.6 cm³/mol. The first-order valence-corrected chi connectivity index (χ1v) is 7.62. The van der Waals surface area contributed by atoms with E-state index in [-0.39, 0.29) is 5.75 Å². The van der Waals surface area contributed by atoms with E-state index in [2.05, 4.69) is 27.7 Å². The van der Waals surface area contributed by atoms with E-state index < -0.39 is 0 Å². The molecular formula is C15H25NOS2. The fourth-order valence-electron chi connectivity index (χ4n) is 1.99. The van der Waals surface area contributed by atoms with E-state index in [4.69, 9.17) is 30.0 Å². The second-order valence-corrected chi connectivity index (χ2v) is 5.49. The molecule has 0 aliphatic rings. The molecule has 2 nitrogen and oxygen atoms in total. The quantitative estimate of drug-likeness (QED) is 0.510. The lowest BCUT2D eigenvalue weighted by molar-refractivity contribution is -0.921. The van der Waals surface area contributed by atoms with E-state index in [1.165, 1.54) is 30.7 Å². The molecule has 108 valence electrons. The Labute approximate surface area is 128 Å². The van der Waals surface area contributed by atoms with Crippen LogP contribution in [-0.4, -0.2) is 40.0 Å². The summed E-state index contributed by atoms with van der Waals surface area (Å²) < 4.78 is 1.58. The highest BCUT2D eigenvalue weighted by atomic mass is 32.1. The molecule has 0 atom stereocenters. The molecule has 0 fully saturated rings. The largest absolute Gasteiger partial charge is 0.507 e. The number of benzene rings is 1. The van der Waals surface area contributed by atoms with Gasteiger partial charge in [-0.15, -0.1) is 4.20 Å². The minimum atomic E-state index is 0.155. The molecule has 0 aliphatic carbocycles. The number of hydrogen-bond donors (Lipinski definition) is 1. The highest BCUT2D eigenvalue weighted by Gasteiger charge is 2.16. The molecule has 1 aromatic rings. The van der Waals surface area contributed by atoms with E-state index in [1.54, 1.807) is 24.3 Å². The van der Waals surface area contributed by atoms with Gasteiger partial charge in [-0.2, -0.15) is 0 Å². The smallest absolute Gasteiger partial charge is 0.121 e. The molecule has 0 amide bonds. The summed E-state index contributed by atoms with van der Waals surface area (Å²) in [6, 6.07) is 6.78. The van der Waals surface area contributed by atoms with Crippen molar-refractivity contribution in [3.63, 3.8) is 0 Å². The Hall–Kier alpha value is -0.710. The maximum atomic E-state index is 9.13. The van der Waals surface area contributed by atoms with E-state index in [9.17, 15) is 0 Å². The van der Waals surface area contributed by atoms with Gasteiger partial charge in [0, 0.05) is 5.56 Å². The molecule has 0 saturated heterocycles. The Morgan fingerprint density at radius 2 is 1.47 bits per heavy atom. The van der Waals surface area contributed by atoms with Gasteiger partial charge >= 0.3 is 0 Å². The van der Waals surface area contributed by atoms with Crippen molar-refractivity contribution >= 4 is 29.0 Å². The predicted octanol–water partition coefficient (Wildman–Crippen LogP) is 3.50. The number of aromatic hydroxyl groups is 1. The van der Waals surface area contributed by atoms with Crippen molar-refractivity contribution in [2.24, 2.45) is 0 Å². The number of phenols is 1. The Morgan fingerprint density at radius 3 is 1.68 bits per heavy atom. The van der Waals surface area contributed by atoms with Crippen molar-refractivity contribution in [1.82, 2.24) is 0 Å². The van der Waals surface area contributed by atoms with Gasteiger partial charge in [0.15, 0.2) is 0 Å². The normalized spacial score (nSPS) is 10.5. The summed E-state index contributed by atoms with van der Waals surface area (Å²) in [6.07, 6.45) is 0. The molecule has 0 unspecified atom stereocenters. The molecule has 4 heteroatoms. The van der Waals surface area contributed by atoms with Crippen LogP contribution in [0.5, 0.6) is 5.75 Å². The Bertz CT molecular complexity index is 372. The molecule has 19 heavy (non-hydrogen) atoms. The van der Waals surface area contributed by atoms with Gasteiger partial charge in [-0.3, -0.25) is 0 Å². The van der Waals surface area contributed by atoms with Gasteiger partial charge < -0.3 is 34.4 Å². The topological polar surface area (TPSA) is 20.2 Å². The van der Waals surface area contributed by atoms with Crippen LogP contribution in [0.2, 0.25) is 0 Å². The van der Waals surface area contributed by atoms with Crippen LogP contribution >= 0.6 is 12.2 Å². The summed E-state index contributed by atoms with van der Waals surface area (Å²) in [7, 11) is 0. The van der Waals surface area contributed by atoms with Crippen LogP contribution in [-0.2, 0) is 12.6 Å². The average molecular weight is 300 g/mol. The zero-order valence-electron chi connectivity index (χ0n) is 12.3. The monoisotopic (exact) mass is 299 g/mol. The van der Waals surface area contributed by atoms with Gasteiger partial charge in [0.05, 0.1) is 26.2 Å². The Kier molecular flexibility index (Phi) is 8.89. The zero-order chi connectivity index (χ0) is 14.9. The first-order chi connectivity index (χ1) is 8.96. The van der Waals surface area contributed by atoms with Crippen LogP contribution in [0.15, 0.2) is 24.3 Å². The average Bonchev–Trinajstić information content (AvgIpc) is 2.43. The number of thiocarbonyl (C=S) groups is 1. The van der Waals surface area contributed by atoms with Gasteiger partial charge in [-0.05, 0) is 33.8 Å². The SMILES string of the molecule is CC[N+](CC)(CC)CC.Oc1ccccc1C(=S)[S-]. The van der Waals surface area contributed by atoms with Crippen molar-refractivity contribution in [2.45, 2.75) is 27.7 Å². The van der Waals surface area contributed by atoms with Crippen molar-refractivity contribution < 1.29 is 9.59 Å². The Balaban J connectivity index is 0.000000344. The number of nitrogens with zero attached hydrogens (tertiary/aromatic N) is 1. The van der Waals surface area contributed by atoms with Crippen LogP contribution < -0.4 is 0 Å². The van der Waals surface area contributed by atoms with Gasteiger partial charge in [0.25, 0.3) is 0 Å². The summed E-state index contributed by atoms with van der Waals surface area (Å²) in [6.45, 7) is 14.2. The number of phenolic OH excluding ortho intramolecular Hbond substituents is 1. The van der Waals surface area contributed by atoms with E-state index >= 15 is 0 Å². The second-order valence-electron chi connectivity index (χ2n) is 4.41. The molecule has 0 bridgehead atoms. The van der Waals surface area contributed by atoms with E-state index in [0.717, 1.165) is 0 Å². The van der Waals surface area contributed by atoms with Gasteiger partial charge in [-0.1, -0.05) is 18.2 Å². The third kappa shape index (κ3) is 5.85. The lowest BCUT2D eigenvalue weighted by Gasteiger charge is -2.34. The zero-order valence-corrected chi connectivity index (χ0v) is 14.0. The highest BCUT2D eigenvalue weighted by molar-refractivity contribution is 8.01. The molecule has 1 N–H and O–H groups in total. The van der Waals surface area contributed by atoms with Crippen molar-refractivity contribution in [3.8, 4) is 5.75 Å². The number of para-hydroxylation sites is 1. The van der Waals surface area contributed by atoms with Crippen molar-refractivity contribution in [3.05, 3.63) is 29.8 Å². The molecule has 1 rings (SSSR count). The standard InChI is InChI=1S/C8H20N.C7H6OS2/c1-5-9(6-2,7-3)8-4;8-6-4-2-1-3-5(6)7(9)10/h5-8H2,1-4H3;1-4,8H,(H,9,10)/q+1;/p-1. The molecule has 0 saturated carbocycles. The summed E-state index contributed by atoms with van der Waals surface area (Å²) in [4.78, 5) is 0. The van der Waals surface area contributed by atoms with Crippen LogP contribution in [0.1, 0.15) is 33.3 Å². The summed E-state index contributed by atoms with van der Waals surface area (Å²) in [5.41, 5.74) is 0.563. The van der Waals surface area contributed by atoms with Gasteiger partial charge in [0.1, 0.15) is 5.75 Å². The fraction of sp³-hybridized carbons (Fsp3) is 0.533. The summed E-state index contributed by atoms with van der Waals surface area (Å²) in [5.74, 6) is 0.155. The van der Waals surface area contributed by atoms with Crippen LogP contribution in [0.25, 0.3) is 0 Å². The molecule has 0 heterocycles. The molecule has 0 aliphatic heterocycles. The number of rotatable bonds is 5. The summed E-state index contributed by atoms with van der Waals surface area (Å²) >= 11 is 9.41. The van der Waals surface area contributed by atoms with Crippen molar-refractivity contribution in [2.75, 3.05) is 26.2 Å². The third-order valence-electron chi connectivity index (χ3n) is 3.81. The molecule has 0 spiro atoms. The van der Waals surface area contributed by atoms with Crippen LogP contribution in [0.4, 0.5) is 0 Å². The molecular weight excluding hydrogens is 274 g/mol. The second kappa shape index (κ2) is 9.23. The Morgan fingerprint density at radius 1 is 1.05 bits per heavy atom. The third-order valence-corrected chi connectivity index (χ3v) is 4.25. The first kappa shape index (κ1) is 18.3. The fourth-order valence-corrected chi connectivity index (χ4v) is 2.33. The molecule has 1 aromatic carbocycles. The van der Waals surface area contributed by atoms with E-state index in [0.29, 0.717) is 9.76 Å². The maximum absolute atomic E-state index is 9.13. The lowest BCUT2D eigenvalue weighted by Crippen LogP contribution is -2.47. The minimum absolute atomic E-state index is 0.155. The highest BCUT2D eigenvalue weighted by Crippen LogP contribution is 2.15. The lowest BCUT2D eigenvalue weighted by atomic mass is 10.2. The number of hydrogen-bond acceptors (Lipinski definition) is 3. The van der Waals surface area contributed by atoms with Crippen LogP contribution in [0.3, 0.4) is 0 Å².